The van der Waals surface area contributed by atoms with Crippen molar-refractivity contribution in [1.29, 1.82) is 0 Å². The third-order valence-electron chi connectivity index (χ3n) is 2.84. The van der Waals surface area contributed by atoms with E-state index in [4.69, 9.17) is 9.47 Å². The molecular formula is C17H19NO3. The third kappa shape index (κ3) is 5.18. The molecule has 1 N–H and O–H groups in total. The number of rotatable bonds is 7. The van der Waals surface area contributed by atoms with Crippen molar-refractivity contribution in [2.45, 2.75) is 13.0 Å². The van der Waals surface area contributed by atoms with Crippen molar-refractivity contribution in [3.05, 3.63) is 60.7 Å². The van der Waals surface area contributed by atoms with Crippen molar-refractivity contribution in [3.63, 3.8) is 0 Å². The van der Waals surface area contributed by atoms with Gasteiger partial charge in [-0.1, -0.05) is 36.4 Å². The minimum absolute atomic E-state index is 0.157. The number of carbonyl (C=O) groups is 1. The van der Waals surface area contributed by atoms with E-state index in [0.29, 0.717) is 18.9 Å². The lowest BCUT2D eigenvalue weighted by molar-refractivity contribution is -0.127. The third-order valence-corrected chi connectivity index (χ3v) is 2.84. The fourth-order valence-corrected chi connectivity index (χ4v) is 1.76. The van der Waals surface area contributed by atoms with Crippen molar-refractivity contribution in [1.82, 2.24) is 5.32 Å². The van der Waals surface area contributed by atoms with Crippen molar-refractivity contribution in [3.8, 4) is 11.5 Å². The molecule has 1 amide bonds. The molecule has 2 aromatic rings. The van der Waals surface area contributed by atoms with E-state index in [2.05, 4.69) is 5.32 Å². The van der Waals surface area contributed by atoms with Gasteiger partial charge in [-0.15, -0.1) is 0 Å². The lowest BCUT2D eigenvalue weighted by atomic mass is 10.3. The van der Waals surface area contributed by atoms with Gasteiger partial charge in [0, 0.05) is 0 Å². The average molecular weight is 285 g/mol. The number of hydrogen-bond donors (Lipinski definition) is 1. The van der Waals surface area contributed by atoms with Gasteiger partial charge in [0.1, 0.15) is 18.1 Å². The summed E-state index contributed by atoms with van der Waals surface area (Å²) in [6.45, 7) is 2.59. The van der Waals surface area contributed by atoms with Crippen LogP contribution in [0.4, 0.5) is 0 Å². The SMILES string of the molecule is C[C@@H](Oc1ccccc1)C(=O)NCCOc1ccccc1. The standard InChI is InChI=1S/C17H19NO3/c1-14(21-16-10-6-3-7-11-16)17(19)18-12-13-20-15-8-4-2-5-9-15/h2-11,14H,12-13H2,1H3,(H,18,19)/t14-/m1/s1. The number of benzene rings is 2. The molecule has 4 nitrogen and oxygen atoms in total. The highest BCUT2D eigenvalue weighted by atomic mass is 16.5. The van der Waals surface area contributed by atoms with Crippen LogP contribution in [-0.2, 0) is 4.79 Å². The first-order valence-electron chi connectivity index (χ1n) is 6.93. The molecule has 0 bridgehead atoms. The molecule has 1 atom stereocenters. The predicted octanol–water partition coefficient (Wildman–Crippen LogP) is 2.65. The van der Waals surface area contributed by atoms with Crippen LogP contribution in [0.2, 0.25) is 0 Å². The molecule has 0 spiro atoms. The Hall–Kier alpha value is -2.49. The molecule has 2 rings (SSSR count). The number of carbonyl (C=O) groups excluding carboxylic acids is 1. The van der Waals surface area contributed by atoms with E-state index in [1.165, 1.54) is 0 Å². The zero-order valence-electron chi connectivity index (χ0n) is 12.0. The van der Waals surface area contributed by atoms with Crippen LogP contribution in [0.3, 0.4) is 0 Å². The molecule has 2 aromatic carbocycles. The first-order valence-corrected chi connectivity index (χ1v) is 6.93. The summed E-state index contributed by atoms with van der Waals surface area (Å²) in [4.78, 5) is 11.9. The van der Waals surface area contributed by atoms with E-state index in [-0.39, 0.29) is 5.91 Å². The molecule has 0 saturated carbocycles. The van der Waals surface area contributed by atoms with E-state index >= 15 is 0 Å². The number of nitrogens with one attached hydrogen (secondary N) is 1. The van der Waals surface area contributed by atoms with Crippen LogP contribution in [0.25, 0.3) is 0 Å². The number of ether oxygens (including phenoxy) is 2. The predicted molar refractivity (Wildman–Crippen MR) is 81.5 cm³/mol. The van der Waals surface area contributed by atoms with Gasteiger partial charge in [0.15, 0.2) is 6.10 Å². The van der Waals surface area contributed by atoms with Gasteiger partial charge >= 0.3 is 0 Å². The summed E-state index contributed by atoms with van der Waals surface area (Å²) >= 11 is 0. The van der Waals surface area contributed by atoms with E-state index in [9.17, 15) is 4.79 Å². The Kier molecular flexibility index (Phi) is 5.64. The van der Waals surface area contributed by atoms with Crippen molar-refractivity contribution >= 4 is 5.91 Å². The smallest absolute Gasteiger partial charge is 0.260 e. The second kappa shape index (κ2) is 7.94. The van der Waals surface area contributed by atoms with Crippen LogP contribution in [0.15, 0.2) is 60.7 Å². The fraction of sp³-hybridized carbons (Fsp3) is 0.235. The van der Waals surface area contributed by atoms with Crippen molar-refractivity contribution < 1.29 is 14.3 Å². The molecule has 0 fully saturated rings. The van der Waals surface area contributed by atoms with Crippen LogP contribution < -0.4 is 14.8 Å². The maximum absolute atomic E-state index is 11.9. The van der Waals surface area contributed by atoms with Gasteiger partial charge in [0.2, 0.25) is 0 Å². The Labute approximate surface area is 124 Å². The molecule has 0 unspecified atom stereocenters. The largest absolute Gasteiger partial charge is 0.492 e. The van der Waals surface area contributed by atoms with Gasteiger partial charge in [-0.25, -0.2) is 0 Å². The lowest BCUT2D eigenvalue weighted by Crippen LogP contribution is -2.38. The summed E-state index contributed by atoms with van der Waals surface area (Å²) in [6, 6.07) is 18.8. The van der Waals surface area contributed by atoms with E-state index < -0.39 is 6.10 Å². The quantitative estimate of drug-likeness (QED) is 0.796. The molecule has 110 valence electrons. The van der Waals surface area contributed by atoms with Crippen molar-refractivity contribution in [2.75, 3.05) is 13.2 Å². The monoisotopic (exact) mass is 285 g/mol. The van der Waals surface area contributed by atoms with Gasteiger partial charge in [-0.3, -0.25) is 4.79 Å². The molecule has 4 heteroatoms. The molecule has 0 aliphatic heterocycles. The zero-order valence-corrected chi connectivity index (χ0v) is 12.0. The second-order valence-corrected chi connectivity index (χ2v) is 4.53. The second-order valence-electron chi connectivity index (χ2n) is 4.53. The van der Waals surface area contributed by atoms with Crippen LogP contribution in [-0.4, -0.2) is 25.2 Å². The van der Waals surface area contributed by atoms with Crippen LogP contribution in [0.1, 0.15) is 6.92 Å². The minimum Gasteiger partial charge on any atom is -0.492 e. The van der Waals surface area contributed by atoms with Gasteiger partial charge < -0.3 is 14.8 Å². The molecule has 0 aromatic heterocycles. The van der Waals surface area contributed by atoms with Crippen LogP contribution in [0, 0.1) is 0 Å². The molecular weight excluding hydrogens is 266 g/mol. The molecule has 21 heavy (non-hydrogen) atoms. The summed E-state index contributed by atoms with van der Waals surface area (Å²) in [5, 5.41) is 2.78. The number of hydrogen-bond acceptors (Lipinski definition) is 3. The first kappa shape index (κ1) is 14.9. The molecule has 0 heterocycles. The van der Waals surface area contributed by atoms with Gasteiger partial charge in [-0.05, 0) is 31.2 Å². The Balaban J connectivity index is 1.67. The van der Waals surface area contributed by atoms with Gasteiger partial charge in [0.05, 0.1) is 6.54 Å². The van der Waals surface area contributed by atoms with E-state index in [1.54, 1.807) is 6.92 Å². The Morgan fingerprint density at radius 2 is 1.57 bits per heavy atom. The molecule has 0 aliphatic rings. The Morgan fingerprint density at radius 1 is 1.00 bits per heavy atom. The lowest BCUT2D eigenvalue weighted by Gasteiger charge is -2.14. The van der Waals surface area contributed by atoms with Gasteiger partial charge in [-0.2, -0.15) is 0 Å². The minimum atomic E-state index is -0.538. The summed E-state index contributed by atoms with van der Waals surface area (Å²) < 4.78 is 11.0. The maximum Gasteiger partial charge on any atom is 0.260 e. The summed E-state index contributed by atoms with van der Waals surface area (Å²) in [6.07, 6.45) is -0.538. The normalized spacial score (nSPS) is 11.5. The number of amides is 1. The highest BCUT2D eigenvalue weighted by Crippen LogP contribution is 2.10. The van der Waals surface area contributed by atoms with Crippen LogP contribution >= 0.6 is 0 Å². The Morgan fingerprint density at radius 3 is 2.19 bits per heavy atom. The van der Waals surface area contributed by atoms with Crippen LogP contribution in [0.5, 0.6) is 11.5 Å². The van der Waals surface area contributed by atoms with Crippen molar-refractivity contribution in [2.24, 2.45) is 0 Å². The fourth-order valence-electron chi connectivity index (χ4n) is 1.76. The van der Waals surface area contributed by atoms with E-state index in [1.807, 2.05) is 60.7 Å². The average Bonchev–Trinajstić information content (AvgIpc) is 2.53. The highest BCUT2D eigenvalue weighted by Gasteiger charge is 2.13. The zero-order chi connectivity index (χ0) is 14.9. The Bertz CT molecular complexity index is 542. The molecule has 0 aliphatic carbocycles. The summed E-state index contributed by atoms with van der Waals surface area (Å²) in [7, 11) is 0. The molecule has 0 saturated heterocycles. The van der Waals surface area contributed by atoms with Gasteiger partial charge in [0.25, 0.3) is 5.91 Å². The molecule has 0 radical (unpaired) electrons. The number of para-hydroxylation sites is 2. The summed E-state index contributed by atoms with van der Waals surface area (Å²) in [5.74, 6) is 1.32. The first-order chi connectivity index (χ1) is 10.3. The maximum atomic E-state index is 11.9. The summed E-state index contributed by atoms with van der Waals surface area (Å²) in [5.41, 5.74) is 0. The highest BCUT2D eigenvalue weighted by molar-refractivity contribution is 5.80. The topological polar surface area (TPSA) is 47.6 Å². The van der Waals surface area contributed by atoms with E-state index in [0.717, 1.165) is 5.75 Å².